The fourth-order valence-corrected chi connectivity index (χ4v) is 3.08. The average molecular weight is 366 g/mol. The summed E-state index contributed by atoms with van der Waals surface area (Å²) >= 11 is 0. The number of ether oxygens (including phenoxy) is 1. The van der Waals surface area contributed by atoms with Crippen LogP contribution in [-0.2, 0) is 4.74 Å². The van der Waals surface area contributed by atoms with Gasteiger partial charge in [0.25, 0.3) is 5.91 Å². The molecular formula is C22H26N2O3. The van der Waals surface area contributed by atoms with Crippen LogP contribution in [0.5, 0.6) is 0 Å². The largest absolute Gasteiger partial charge is 0.444 e. The zero-order valence-electron chi connectivity index (χ0n) is 16.1. The molecule has 0 bridgehead atoms. The molecule has 142 valence electrons. The number of likely N-dealkylation sites (tertiary alicyclic amines) is 1. The molecule has 1 N–H and O–H groups in total. The van der Waals surface area contributed by atoms with Crippen molar-refractivity contribution in [3.05, 3.63) is 60.2 Å². The fourth-order valence-electron chi connectivity index (χ4n) is 3.08. The highest BCUT2D eigenvalue weighted by molar-refractivity contribution is 5.95. The van der Waals surface area contributed by atoms with Crippen LogP contribution in [0.4, 0.5) is 4.79 Å². The lowest BCUT2D eigenvalue weighted by Crippen LogP contribution is -2.40. The normalized spacial score (nSPS) is 16.9. The number of carbonyl (C=O) groups is 2. The second kappa shape index (κ2) is 7.82. The van der Waals surface area contributed by atoms with E-state index in [2.05, 4.69) is 5.32 Å². The summed E-state index contributed by atoms with van der Waals surface area (Å²) in [6.45, 7) is 6.60. The highest BCUT2D eigenvalue weighted by Gasteiger charge is 2.30. The second-order valence-electron chi connectivity index (χ2n) is 7.83. The second-order valence-corrected chi connectivity index (χ2v) is 7.83. The number of nitrogens with zero attached hydrogens (tertiary/aromatic N) is 1. The maximum atomic E-state index is 12.5. The smallest absolute Gasteiger partial charge is 0.410 e. The maximum Gasteiger partial charge on any atom is 0.410 e. The Hall–Kier alpha value is -2.82. The Kier molecular flexibility index (Phi) is 5.49. The van der Waals surface area contributed by atoms with Crippen LogP contribution < -0.4 is 5.32 Å². The molecule has 27 heavy (non-hydrogen) atoms. The first-order valence-corrected chi connectivity index (χ1v) is 9.26. The Labute approximate surface area is 160 Å². The van der Waals surface area contributed by atoms with Crippen LogP contribution in [0.15, 0.2) is 54.6 Å². The summed E-state index contributed by atoms with van der Waals surface area (Å²) in [6.07, 6.45) is 0.402. The van der Waals surface area contributed by atoms with Crippen molar-refractivity contribution < 1.29 is 14.3 Å². The molecule has 1 fully saturated rings. The van der Waals surface area contributed by atoms with Gasteiger partial charge >= 0.3 is 6.09 Å². The Morgan fingerprint density at radius 1 is 1.00 bits per heavy atom. The van der Waals surface area contributed by atoms with Gasteiger partial charge in [-0.3, -0.25) is 4.79 Å². The number of benzene rings is 2. The first-order chi connectivity index (χ1) is 12.8. The van der Waals surface area contributed by atoms with Crippen molar-refractivity contribution >= 4 is 12.0 Å². The van der Waals surface area contributed by atoms with Gasteiger partial charge < -0.3 is 15.0 Å². The van der Waals surface area contributed by atoms with Crippen molar-refractivity contribution in [3.63, 3.8) is 0 Å². The molecule has 0 spiro atoms. The van der Waals surface area contributed by atoms with E-state index in [0.717, 1.165) is 17.5 Å². The van der Waals surface area contributed by atoms with Gasteiger partial charge in [-0.2, -0.15) is 0 Å². The molecule has 2 aromatic carbocycles. The molecule has 2 aromatic rings. The summed E-state index contributed by atoms with van der Waals surface area (Å²) in [4.78, 5) is 26.3. The lowest BCUT2D eigenvalue weighted by Gasteiger charge is -2.24. The standard InChI is InChI=1S/C22H26N2O3/c1-22(2,3)27-21(26)24-14-13-19(15-24)23-20(25)18-11-9-17(10-12-18)16-7-5-4-6-8-16/h4-12,19H,13-15H2,1-3H3,(H,23,25). The van der Waals surface area contributed by atoms with Crippen LogP contribution in [0.2, 0.25) is 0 Å². The molecule has 1 aliphatic rings. The molecule has 1 heterocycles. The Morgan fingerprint density at radius 2 is 1.63 bits per heavy atom. The van der Waals surface area contributed by atoms with E-state index in [1.54, 1.807) is 4.90 Å². The monoisotopic (exact) mass is 366 g/mol. The topological polar surface area (TPSA) is 58.6 Å². The van der Waals surface area contributed by atoms with Crippen molar-refractivity contribution in [2.75, 3.05) is 13.1 Å². The molecule has 2 amide bonds. The molecule has 5 heteroatoms. The third-order valence-corrected chi connectivity index (χ3v) is 4.43. The fraction of sp³-hybridized carbons (Fsp3) is 0.364. The summed E-state index contributed by atoms with van der Waals surface area (Å²) in [7, 11) is 0. The number of hydrogen-bond donors (Lipinski definition) is 1. The van der Waals surface area contributed by atoms with E-state index < -0.39 is 5.60 Å². The van der Waals surface area contributed by atoms with E-state index in [1.165, 1.54) is 0 Å². The van der Waals surface area contributed by atoms with Crippen LogP contribution in [0.25, 0.3) is 11.1 Å². The zero-order valence-corrected chi connectivity index (χ0v) is 16.1. The van der Waals surface area contributed by atoms with E-state index in [1.807, 2.05) is 75.4 Å². The lowest BCUT2D eigenvalue weighted by molar-refractivity contribution is 0.0290. The number of hydrogen-bond acceptors (Lipinski definition) is 3. The van der Waals surface area contributed by atoms with Crippen LogP contribution in [-0.4, -0.2) is 41.6 Å². The number of amides is 2. The van der Waals surface area contributed by atoms with Gasteiger partial charge in [-0.05, 0) is 50.5 Å². The Balaban J connectivity index is 1.56. The molecular weight excluding hydrogens is 340 g/mol. The first kappa shape index (κ1) is 19.0. The van der Waals surface area contributed by atoms with E-state index in [4.69, 9.17) is 4.74 Å². The molecule has 1 saturated heterocycles. The highest BCUT2D eigenvalue weighted by atomic mass is 16.6. The van der Waals surface area contributed by atoms with Crippen molar-refractivity contribution in [3.8, 4) is 11.1 Å². The predicted molar refractivity (Wildman–Crippen MR) is 106 cm³/mol. The summed E-state index contributed by atoms with van der Waals surface area (Å²) in [5, 5.41) is 3.01. The van der Waals surface area contributed by atoms with Gasteiger partial charge in [0.15, 0.2) is 0 Å². The van der Waals surface area contributed by atoms with Gasteiger partial charge in [-0.15, -0.1) is 0 Å². The van der Waals surface area contributed by atoms with Crippen LogP contribution >= 0.6 is 0 Å². The summed E-state index contributed by atoms with van der Waals surface area (Å²) in [5.41, 5.74) is 2.29. The van der Waals surface area contributed by atoms with Crippen molar-refractivity contribution in [1.29, 1.82) is 0 Å². The minimum atomic E-state index is -0.515. The minimum Gasteiger partial charge on any atom is -0.444 e. The summed E-state index contributed by atoms with van der Waals surface area (Å²) in [6, 6.07) is 17.6. The van der Waals surface area contributed by atoms with E-state index >= 15 is 0 Å². The molecule has 1 aliphatic heterocycles. The quantitative estimate of drug-likeness (QED) is 0.890. The molecule has 5 nitrogen and oxygen atoms in total. The van der Waals surface area contributed by atoms with Gasteiger partial charge in [-0.25, -0.2) is 4.79 Å². The zero-order chi connectivity index (χ0) is 19.4. The van der Waals surface area contributed by atoms with E-state index in [9.17, 15) is 9.59 Å². The van der Waals surface area contributed by atoms with Gasteiger partial charge in [0.1, 0.15) is 5.60 Å². The summed E-state index contributed by atoms with van der Waals surface area (Å²) in [5.74, 6) is -0.120. The maximum absolute atomic E-state index is 12.5. The van der Waals surface area contributed by atoms with Crippen LogP contribution in [0, 0.1) is 0 Å². The molecule has 3 rings (SSSR count). The molecule has 0 saturated carbocycles. The van der Waals surface area contributed by atoms with Crippen molar-refractivity contribution in [2.24, 2.45) is 0 Å². The van der Waals surface area contributed by atoms with Crippen molar-refractivity contribution in [1.82, 2.24) is 10.2 Å². The molecule has 1 atom stereocenters. The third-order valence-electron chi connectivity index (χ3n) is 4.43. The number of nitrogens with one attached hydrogen (secondary N) is 1. The number of rotatable bonds is 3. The van der Waals surface area contributed by atoms with Crippen LogP contribution in [0.3, 0.4) is 0 Å². The van der Waals surface area contributed by atoms with Gasteiger partial charge in [0, 0.05) is 24.7 Å². The van der Waals surface area contributed by atoms with E-state index in [0.29, 0.717) is 18.7 Å². The summed E-state index contributed by atoms with van der Waals surface area (Å²) < 4.78 is 5.39. The molecule has 0 aromatic heterocycles. The molecule has 0 aliphatic carbocycles. The molecule has 1 unspecified atom stereocenters. The highest BCUT2D eigenvalue weighted by Crippen LogP contribution is 2.20. The van der Waals surface area contributed by atoms with Crippen molar-refractivity contribution in [2.45, 2.75) is 38.8 Å². The van der Waals surface area contributed by atoms with Crippen LogP contribution in [0.1, 0.15) is 37.6 Å². The average Bonchev–Trinajstić information content (AvgIpc) is 3.10. The SMILES string of the molecule is CC(C)(C)OC(=O)N1CCC(NC(=O)c2ccc(-c3ccccc3)cc2)C1. The first-order valence-electron chi connectivity index (χ1n) is 9.26. The Morgan fingerprint density at radius 3 is 2.26 bits per heavy atom. The van der Waals surface area contributed by atoms with Gasteiger partial charge in [0.05, 0.1) is 0 Å². The van der Waals surface area contributed by atoms with Gasteiger partial charge in [-0.1, -0.05) is 42.5 Å². The molecule has 0 radical (unpaired) electrons. The Bertz CT molecular complexity index is 795. The minimum absolute atomic E-state index is 0.0566. The predicted octanol–water partition coefficient (Wildman–Crippen LogP) is 4.09. The lowest BCUT2D eigenvalue weighted by atomic mass is 10.0. The van der Waals surface area contributed by atoms with E-state index in [-0.39, 0.29) is 18.0 Å². The number of carbonyl (C=O) groups excluding carboxylic acids is 2. The third kappa shape index (κ3) is 5.09. The van der Waals surface area contributed by atoms with Gasteiger partial charge in [0.2, 0.25) is 0 Å².